The van der Waals surface area contributed by atoms with Gasteiger partial charge < -0.3 is 9.47 Å². The number of carbonyl (C=O) groups excluding carboxylic acids is 1. The van der Waals surface area contributed by atoms with E-state index >= 15 is 0 Å². The van der Waals surface area contributed by atoms with Crippen LogP contribution in [0.1, 0.15) is 23.5 Å². The van der Waals surface area contributed by atoms with Gasteiger partial charge in [0.1, 0.15) is 18.1 Å². The monoisotopic (exact) mass is 471 g/mol. The first-order valence-corrected chi connectivity index (χ1v) is 12.0. The van der Waals surface area contributed by atoms with Gasteiger partial charge in [-0.1, -0.05) is 48.0 Å². The van der Waals surface area contributed by atoms with Crippen LogP contribution in [0, 0.1) is 0 Å². The summed E-state index contributed by atoms with van der Waals surface area (Å²) in [5.74, 6) is 0.371. The van der Waals surface area contributed by atoms with Gasteiger partial charge in [-0.3, -0.25) is 9.52 Å². The highest BCUT2D eigenvalue weighted by atomic mass is 35.5. The van der Waals surface area contributed by atoms with Crippen LogP contribution in [0.2, 0.25) is 5.02 Å². The lowest BCUT2D eigenvalue weighted by atomic mass is 9.97. The fourth-order valence-electron chi connectivity index (χ4n) is 3.71. The second kappa shape index (κ2) is 9.22. The molecule has 1 amide bonds. The molecule has 0 bridgehead atoms. The molecule has 4 rings (SSSR count). The molecule has 1 saturated heterocycles. The van der Waals surface area contributed by atoms with Crippen molar-refractivity contribution < 1.29 is 22.7 Å². The Labute approximate surface area is 192 Å². The first kappa shape index (κ1) is 22.2. The molecule has 0 saturated carbocycles. The molecule has 6 nitrogen and oxygen atoms in total. The average Bonchev–Trinajstić information content (AvgIpc) is 2.77. The Morgan fingerprint density at radius 3 is 2.47 bits per heavy atom. The molecule has 1 aliphatic rings. The van der Waals surface area contributed by atoms with E-state index in [4.69, 9.17) is 21.1 Å². The number of hydrogen-bond donors (Lipinski definition) is 1. The van der Waals surface area contributed by atoms with Crippen LogP contribution in [0.5, 0.6) is 11.5 Å². The van der Waals surface area contributed by atoms with Crippen molar-refractivity contribution in [2.24, 2.45) is 0 Å². The summed E-state index contributed by atoms with van der Waals surface area (Å²) in [6.07, 6.45) is 0.154. The lowest BCUT2D eigenvalue weighted by Gasteiger charge is -2.22. The van der Waals surface area contributed by atoms with Crippen molar-refractivity contribution in [2.75, 3.05) is 12.9 Å². The molecule has 1 N–H and O–H groups in total. The van der Waals surface area contributed by atoms with Gasteiger partial charge >= 0.3 is 0 Å². The molecule has 1 fully saturated rings. The molecule has 8 heteroatoms. The summed E-state index contributed by atoms with van der Waals surface area (Å²) >= 11 is 6.25. The zero-order chi connectivity index (χ0) is 22.7. The van der Waals surface area contributed by atoms with Crippen LogP contribution in [-0.4, -0.2) is 27.2 Å². The van der Waals surface area contributed by atoms with Gasteiger partial charge in [0.05, 0.1) is 17.9 Å². The third-order valence-electron chi connectivity index (χ3n) is 5.29. The first-order valence-electron chi connectivity index (χ1n) is 10.0. The van der Waals surface area contributed by atoms with Gasteiger partial charge in [-0.05, 0) is 52.6 Å². The Hall–Kier alpha value is -3.03. The van der Waals surface area contributed by atoms with Crippen LogP contribution < -0.4 is 14.2 Å². The van der Waals surface area contributed by atoms with Gasteiger partial charge in [-0.15, -0.1) is 0 Å². The van der Waals surface area contributed by atoms with E-state index in [1.807, 2.05) is 59.3 Å². The molecular weight excluding hydrogens is 450 g/mol. The summed E-state index contributed by atoms with van der Waals surface area (Å²) in [6.45, 7) is 0.372. The molecule has 3 aromatic rings. The topological polar surface area (TPSA) is 81.7 Å². The predicted octanol–water partition coefficient (Wildman–Crippen LogP) is 4.53. The second-order valence-electron chi connectivity index (χ2n) is 7.62. The zero-order valence-corrected chi connectivity index (χ0v) is 18.9. The van der Waals surface area contributed by atoms with Gasteiger partial charge in [-0.2, -0.15) is 0 Å². The maximum atomic E-state index is 11.8. The minimum Gasteiger partial charge on any atom is -0.495 e. The summed E-state index contributed by atoms with van der Waals surface area (Å²) < 4.78 is 36.7. The van der Waals surface area contributed by atoms with Gasteiger partial charge in [0.15, 0.2) is 0 Å². The van der Waals surface area contributed by atoms with Crippen LogP contribution in [0.3, 0.4) is 0 Å². The fourth-order valence-corrected chi connectivity index (χ4v) is 5.32. The van der Waals surface area contributed by atoms with Crippen LogP contribution in [0.25, 0.3) is 11.1 Å². The minimum atomic E-state index is -3.57. The van der Waals surface area contributed by atoms with E-state index in [0.717, 1.165) is 22.3 Å². The van der Waals surface area contributed by atoms with Gasteiger partial charge in [0.25, 0.3) is 0 Å². The van der Waals surface area contributed by atoms with Crippen LogP contribution >= 0.6 is 11.6 Å². The maximum absolute atomic E-state index is 11.8. The van der Waals surface area contributed by atoms with E-state index in [9.17, 15) is 13.2 Å². The second-order valence-corrected chi connectivity index (χ2v) is 9.79. The first-order chi connectivity index (χ1) is 15.3. The van der Waals surface area contributed by atoms with E-state index in [1.54, 1.807) is 19.2 Å². The summed E-state index contributed by atoms with van der Waals surface area (Å²) in [4.78, 5) is 11.6. The SMILES string of the molecule is COc1ccc(-c2cccc(COc3ccc(C4CC(=O)NS(=O)(=O)C4)cc3)c2)cc1Cl. The molecule has 1 unspecified atom stereocenters. The van der Waals surface area contributed by atoms with Gasteiger partial charge in [0, 0.05) is 12.3 Å². The highest BCUT2D eigenvalue weighted by molar-refractivity contribution is 7.90. The predicted molar refractivity (Wildman–Crippen MR) is 124 cm³/mol. The maximum Gasteiger partial charge on any atom is 0.235 e. The number of sulfonamides is 1. The molecule has 0 spiro atoms. The number of rotatable bonds is 6. The molecule has 1 heterocycles. The minimum absolute atomic E-state index is 0.0961. The Bertz CT molecular complexity index is 1240. The van der Waals surface area contributed by atoms with E-state index in [0.29, 0.717) is 23.1 Å². The average molecular weight is 472 g/mol. The number of carbonyl (C=O) groups is 1. The lowest BCUT2D eigenvalue weighted by molar-refractivity contribution is -0.119. The third kappa shape index (κ3) is 5.23. The lowest BCUT2D eigenvalue weighted by Crippen LogP contribution is -2.40. The summed E-state index contributed by atoms with van der Waals surface area (Å²) in [6, 6.07) is 20.8. The highest BCUT2D eigenvalue weighted by Gasteiger charge is 2.30. The number of nitrogens with one attached hydrogen (secondary N) is 1. The van der Waals surface area contributed by atoms with Crippen molar-refractivity contribution >= 4 is 27.5 Å². The normalized spacial score (nSPS) is 17.4. The molecular formula is C24H22ClNO5S. The van der Waals surface area contributed by atoms with E-state index in [1.165, 1.54) is 0 Å². The Kier molecular flexibility index (Phi) is 6.39. The Morgan fingerprint density at radius 1 is 1.03 bits per heavy atom. The molecule has 1 aliphatic heterocycles. The number of halogens is 1. The third-order valence-corrected chi connectivity index (χ3v) is 6.97. The van der Waals surface area contributed by atoms with E-state index in [2.05, 4.69) is 0 Å². The largest absolute Gasteiger partial charge is 0.495 e. The number of ether oxygens (including phenoxy) is 2. The number of hydrogen-bond acceptors (Lipinski definition) is 5. The smallest absolute Gasteiger partial charge is 0.235 e. The van der Waals surface area contributed by atoms with E-state index in [-0.39, 0.29) is 18.1 Å². The van der Waals surface area contributed by atoms with Gasteiger partial charge in [0.2, 0.25) is 15.9 Å². The fraction of sp³-hybridized carbons (Fsp3) is 0.208. The standard InChI is InChI=1S/C24H22ClNO5S/c1-30-23-10-7-19(12-22(23)25)18-4-2-3-16(11-18)14-31-21-8-5-17(6-9-21)20-13-24(27)26-32(28,29)15-20/h2-12,20H,13-15H2,1H3,(H,26,27). The van der Waals surface area contributed by atoms with Crippen molar-refractivity contribution in [1.82, 2.24) is 4.72 Å². The van der Waals surface area contributed by atoms with Crippen molar-refractivity contribution in [3.8, 4) is 22.6 Å². The highest BCUT2D eigenvalue weighted by Crippen LogP contribution is 2.31. The number of methoxy groups -OCH3 is 1. The number of benzene rings is 3. The summed E-state index contributed by atoms with van der Waals surface area (Å²) in [7, 11) is -1.98. The van der Waals surface area contributed by atoms with Crippen molar-refractivity contribution in [3.05, 3.63) is 82.9 Å². The van der Waals surface area contributed by atoms with Crippen LogP contribution in [0.4, 0.5) is 0 Å². The van der Waals surface area contributed by atoms with Gasteiger partial charge in [-0.25, -0.2) is 8.42 Å². The molecule has 0 aromatic heterocycles. The zero-order valence-electron chi connectivity index (χ0n) is 17.4. The molecule has 3 aromatic carbocycles. The van der Waals surface area contributed by atoms with E-state index < -0.39 is 15.9 Å². The molecule has 32 heavy (non-hydrogen) atoms. The molecule has 1 atom stereocenters. The van der Waals surface area contributed by atoms with Crippen molar-refractivity contribution in [3.63, 3.8) is 0 Å². The van der Waals surface area contributed by atoms with Crippen LogP contribution in [0.15, 0.2) is 66.7 Å². The van der Waals surface area contributed by atoms with Crippen molar-refractivity contribution in [1.29, 1.82) is 0 Å². The van der Waals surface area contributed by atoms with Crippen LogP contribution in [-0.2, 0) is 21.4 Å². The quantitative estimate of drug-likeness (QED) is 0.571. The summed E-state index contributed by atoms with van der Waals surface area (Å²) in [5.41, 5.74) is 3.79. The Balaban J connectivity index is 1.42. The Morgan fingerprint density at radius 2 is 1.78 bits per heavy atom. The molecule has 0 radical (unpaired) electrons. The molecule has 0 aliphatic carbocycles. The van der Waals surface area contributed by atoms with Crippen molar-refractivity contribution in [2.45, 2.75) is 18.9 Å². The number of amides is 1. The molecule has 166 valence electrons. The summed E-state index contributed by atoms with van der Waals surface area (Å²) in [5, 5.41) is 0.551.